The fraction of sp³-hybridized carbons (Fsp3) is 0.308. The number of hydrogen-bond acceptors (Lipinski definition) is 2. The minimum atomic E-state index is -0.608. The van der Waals surface area contributed by atoms with Gasteiger partial charge in [-0.2, -0.15) is 5.10 Å². The Balaban J connectivity index is 2.50. The molecule has 0 saturated heterocycles. The van der Waals surface area contributed by atoms with Crippen molar-refractivity contribution >= 4 is 0 Å². The van der Waals surface area contributed by atoms with Crippen molar-refractivity contribution in [3.8, 4) is 5.69 Å². The maximum atomic E-state index is 13.7. The third kappa shape index (κ3) is 2.26. The summed E-state index contributed by atoms with van der Waals surface area (Å²) in [7, 11) is 1.84. The molecule has 0 saturated carbocycles. The van der Waals surface area contributed by atoms with E-state index in [1.165, 1.54) is 16.8 Å². The molecule has 1 aromatic carbocycles. The van der Waals surface area contributed by atoms with Crippen LogP contribution < -0.4 is 5.32 Å². The molecular formula is C13H15F2N3. The standard InChI is InChI=1S/C13H15F2N3/c1-3-12-9(7-16-2)8-17-18(12)13-5-4-10(14)6-11(13)15/h4-6,8,16H,3,7H2,1-2H3. The zero-order valence-electron chi connectivity index (χ0n) is 10.4. The smallest absolute Gasteiger partial charge is 0.151 e. The molecule has 0 bridgehead atoms. The van der Waals surface area contributed by atoms with Crippen LogP contribution in [0.25, 0.3) is 5.69 Å². The van der Waals surface area contributed by atoms with Crippen molar-refractivity contribution in [3.63, 3.8) is 0 Å². The number of halogens is 2. The van der Waals surface area contributed by atoms with Gasteiger partial charge in [0.05, 0.1) is 6.20 Å². The molecule has 3 nitrogen and oxygen atoms in total. The molecule has 5 heteroatoms. The molecular weight excluding hydrogens is 236 g/mol. The first kappa shape index (κ1) is 12.7. The molecule has 0 fully saturated rings. The Morgan fingerprint density at radius 1 is 1.33 bits per heavy atom. The first-order chi connectivity index (χ1) is 8.67. The third-order valence-corrected chi connectivity index (χ3v) is 2.80. The fourth-order valence-electron chi connectivity index (χ4n) is 1.98. The molecule has 0 aliphatic rings. The molecule has 0 atom stereocenters. The van der Waals surface area contributed by atoms with Crippen molar-refractivity contribution in [2.45, 2.75) is 19.9 Å². The van der Waals surface area contributed by atoms with Gasteiger partial charge in [-0.3, -0.25) is 0 Å². The average molecular weight is 251 g/mol. The van der Waals surface area contributed by atoms with Crippen LogP contribution in [0.15, 0.2) is 24.4 Å². The second kappa shape index (κ2) is 5.27. The molecule has 1 heterocycles. The van der Waals surface area contributed by atoms with E-state index in [9.17, 15) is 8.78 Å². The number of nitrogens with zero attached hydrogens (tertiary/aromatic N) is 2. The summed E-state index contributed by atoms with van der Waals surface area (Å²) in [6.45, 7) is 2.65. The highest BCUT2D eigenvalue weighted by molar-refractivity contribution is 5.36. The van der Waals surface area contributed by atoms with Crippen molar-refractivity contribution in [3.05, 3.63) is 47.3 Å². The van der Waals surface area contributed by atoms with E-state index in [-0.39, 0.29) is 5.69 Å². The maximum Gasteiger partial charge on any atom is 0.151 e. The summed E-state index contributed by atoms with van der Waals surface area (Å²) in [4.78, 5) is 0. The molecule has 0 amide bonds. The monoisotopic (exact) mass is 251 g/mol. The Morgan fingerprint density at radius 3 is 2.72 bits per heavy atom. The SMILES string of the molecule is CCc1c(CNC)cnn1-c1ccc(F)cc1F. The van der Waals surface area contributed by atoms with E-state index in [0.29, 0.717) is 6.54 Å². The predicted molar refractivity (Wildman–Crippen MR) is 65.6 cm³/mol. The first-order valence-corrected chi connectivity index (χ1v) is 5.83. The average Bonchev–Trinajstić information content (AvgIpc) is 2.72. The first-order valence-electron chi connectivity index (χ1n) is 5.83. The zero-order chi connectivity index (χ0) is 13.1. The van der Waals surface area contributed by atoms with E-state index in [1.54, 1.807) is 6.20 Å². The summed E-state index contributed by atoms with van der Waals surface area (Å²) >= 11 is 0. The highest BCUT2D eigenvalue weighted by Crippen LogP contribution is 2.19. The van der Waals surface area contributed by atoms with E-state index < -0.39 is 11.6 Å². The van der Waals surface area contributed by atoms with Gasteiger partial charge in [-0.1, -0.05) is 6.92 Å². The van der Waals surface area contributed by atoms with Crippen molar-refractivity contribution in [1.82, 2.24) is 15.1 Å². The Kier molecular flexibility index (Phi) is 3.72. The van der Waals surface area contributed by atoms with Crippen molar-refractivity contribution in [2.24, 2.45) is 0 Å². The molecule has 18 heavy (non-hydrogen) atoms. The minimum absolute atomic E-state index is 0.274. The molecule has 1 aromatic heterocycles. The highest BCUT2D eigenvalue weighted by atomic mass is 19.1. The lowest BCUT2D eigenvalue weighted by Gasteiger charge is -2.08. The molecule has 2 aromatic rings. The van der Waals surface area contributed by atoms with Crippen LogP contribution in [0.4, 0.5) is 8.78 Å². The van der Waals surface area contributed by atoms with Crippen LogP contribution >= 0.6 is 0 Å². The number of rotatable bonds is 4. The zero-order valence-corrected chi connectivity index (χ0v) is 10.4. The van der Waals surface area contributed by atoms with Gasteiger partial charge in [0.1, 0.15) is 11.5 Å². The van der Waals surface area contributed by atoms with Crippen molar-refractivity contribution < 1.29 is 8.78 Å². The normalized spacial score (nSPS) is 10.9. The quantitative estimate of drug-likeness (QED) is 0.904. The van der Waals surface area contributed by atoms with Gasteiger partial charge >= 0.3 is 0 Å². The molecule has 96 valence electrons. The van der Waals surface area contributed by atoms with Crippen LogP contribution in [0.2, 0.25) is 0 Å². The second-order valence-electron chi connectivity index (χ2n) is 4.01. The molecule has 0 radical (unpaired) electrons. The van der Waals surface area contributed by atoms with E-state index >= 15 is 0 Å². The predicted octanol–water partition coefficient (Wildman–Crippen LogP) is 2.43. The third-order valence-electron chi connectivity index (χ3n) is 2.80. The molecule has 0 aliphatic carbocycles. The van der Waals surface area contributed by atoms with Crippen LogP contribution in [0.1, 0.15) is 18.2 Å². The second-order valence-corrected chi connectivity index (χ2v) is 4.01. The lowest BCUT2D eigenvalue weighted by atomic mass is 10.2. The molecule has 0 unspecified atom stereocenters. The van der Waals surface area contributed by atoms with Crippen LogP contribution in [0.5, 0.6) is 0 Å². The van der Waals surface area contributed by atoms with Crippen LogP contribution in [-0.2, 0) is 13.0 Å². The Labute approximate surface area is 104 Å². The van der Waals surface area contributed by atoms with Crippen LogP contribution in [0, 0.1) is 11.6 Å². The lowest BCUT2D eigenvalue weighted by Crippen LogP contribution is -2.09. The van der Waals surface area contributed by atoms with E-state index in [4.69, 9.17) is 0 Å². The Hall–Kier alpha value is -1.75. The number of aromatic nitrogens is 2. The number of nitrogens with one attached hydrogen (secondary N) is 1. The summed E-state index contributed by atoms with van der Waals surface area (Å²) in [5.41, 5.74) is 2.22. The van der Waals surface area contributed by atoms with Gasteiger partial charge in [-0.15, -0.1) is 0 Å². The summed E-state index contributed by atoms with van der Waals surface area (Å²) in [5.74, 6) is -1.19. The van der Waals surface area contributed by atoms with Crippen LogP contribution in [-0.4, -0.2) is 16.8 Å². The summed E-state index contributed by atoms with van der Waals surface area (Å²) in [6, 6.07) is 3.51. The molecule has 1 N–H and O–H groups in total. The van der Waals surface area contributed by atoms with Gasteiger partial charge in [-0.25, -0.2) is 13.5 Å². The van der Waals surface area contributed by atoms with Crippen molar-refractivity contribution in [2.75, 3.05) is 7.05 Å². The number of benzene rings is 1. The summed E-state index contributed by atoms with van der Waals surface area (Å²) < 4.78 is 28.2. The molecule has 2 rings (SSSR count). The number of hydrogen-bond donors (Lipinski definition) is 1. The van der Waals surface area contributed by atoms with Gasteiger partial charge in [0.15, 0.2) is 5.82 Å². The van der Waals surface area contributed by atoms with Crippen molar-refractivity contribution in [1.29, 1.82) is 0 Å². The molecule has 0 aliphatic heterocycles. The lowest BCUT2D eigenvalue weighted by molar-refractivity contribution is 0.571. The summed E-state index contributed by atoms with van der Waals surface area (Å²) in [6.07, 6.45) is 2.44. The fourth-order valence-corrected chi connectivity index (χ4v) is 1.98. The maximum absolute atomic E-state index is 13.7. The van der Waals surface area contributed by atoms with Gasteiger partial charge in [0, 0.05) is 23.9 Å². The topological polar surface area (TPSA) is 29.9 Å². The molecule has 0 spiro atoms. The highest BCUT2D eigenvalue weighted by Gasteiger charge is 2.13. The Bertz CT molecular complexity index is 549. The van der Waals surface area contributed by atoms with E-state index in [0.717, 1.165) is 23.7 Å². The Morgan fingerprint density at radius 2 is 2.11 bits per heavy atom. The van der Waals surface area contributed by atoms with Crippen LogP contribution in [0.3, 0.4) is 0 Å². The van der Waals surface area contributed by atoms with Gasteiger partial charge in [-0.05, 0) is 25.6 Å². The van der Waals surface area contributed by atoms with Gasteiger partial charge in [0.25, 0.3) is 0 Å². The largest absolute Gasteiger partial charge is 0.316 e. The van der Waals surface area contributed by atoms with Gasteiger partial charge < -0.3 is 5.32 Å². The van der Waals surface area contributed by atoms with Gasteiger partial charge in [0.2, 0.25) is 0 Å². The van der Waals surface area contributed by atoms with E-state index in [2.05, 4.69) is 10.4 Å². The van der Waals surface area contributed by atoms with E-state index in [1.807, 2.05) is 14.0 Å². The minimum Gasteiger partial charge on any atom is -0.316 e. The summed E-state index contributed by atoms with van der Waals surface area (Å²) in [5, 5.41) is 7.22.